The van der Waals surface area contributed by atoms with Gasteiger partial charge in [0.2, 0.25) is 5.91 Å². The van der Waals surface area contributed by atoms with Gasteiger partial charge in [-0.2, -0.15) is 0 Å². The van der Waals surface area contributed by atoms with Crippen LogP contribution in [0.2, 0.25) is 0 Å². The number of aromatic nitrogens is 2. The van der Waals surface area contributed by atoms with Gasteiger partial charge < -0.3 is 10.1 Å². The molecule has 0 bridgehead atoms. The number of carbonyl (C=O) groups is 1. The Bertz CT molecular complexity index is 1180. The molecular formula is C23H20FN3O2. The van der Waals surface area contributed by atoms with Crippen LogP contribution >= 0.6 is 0 Å². The summed E-state index contributed by atoms with van der Waals surface area (Å²) in [5, 5.41) is 2.98. The zero-order valence-electron chi connectivity index (χ0n) is 16.1. The van der Waals surface area contributed by atoms with Crippen molar-refractivity contribution in [3.8, 4) is 17.0 Å². The number of carbonyl (C=O) groups excluding carboxylic acids is 1. The molecule has 4 aromatic rings. The standard InChI is InChI=1S/C23H20FN3O2/c1-15-11-12-27-20(13-15)25-22(18-5-3-4-6-19(18)29-2)23(27)26-21(28)14-16-7-9-17(24)10-8-16/h3-13H,14H2,1-2H3,(H,26,28). The van der Waals surface area contributed by atoms with Crippen LogP contribution < -0.4 is 10.1 Å². The molecule has 0 saturated heterocycles. The number of pyridine rings is 1. The normalized spacial score (nSPS) is 10.9. The summed E-state index contributed by atoms with van der Waals surface area (Å²) in [5.41, 5.74) is 3.93. The van der Waals surface area contributed by atoms with Gasteiger partial charge in [0.05, 0.1) is 13.5 Å². The number of imidazole rings is 1. The number of nitrogens with one attached hydrogen (secondary N) is 1. The molecule has 0 fully saturated rings. The zero-order valence-corrected chi connectivity index (χ0v) is 16.1. The molecular weight excluding hydrogens is 369 g/mol. The lowest BCUT2D eigenvalue weighted by atomic mass is 10.1. The molecule has 0 aliphatic heterocycles. The summed E-state index contributed by atoms with van der Waals surface area (Å²) in [5.74, 6) is 0.693. The highest BCUT2D eigenvalue weighted by Gasteiger charge is 2.19. The molecule has 2 aromatic carbocycles. The van der Waals surface area contributed by atoms with Gasteiger partial charge in [0.1, 0.15) is 28.7 Å². The van der Waals surface area contributed by atoms with Crippen molar-refractivity contribution in [1.82, 2.24) is 9.38 Å². The zero-order chi connectivity index (χ0) is 20.4. The Morgan fingerprint density at radius 3 is 2.66 bits per heavy atom. The van der Waals surface area contributed by atoms with Crippen LogP contribution in [-0.4, -0.2) is 22.4 Å². The lowest BCUT2D eigenvalue weighted by molar-refractivity contribution is -0.115. The van der Waals surface area contributed by atoms with Gasteiger partial charge in [-0.3, -0.25) is 9.20 Å². The van der Waals surface area contributed by atoms with Crippen LogP contribution in [0.1, 0.15) is 11.1 Å². The van der Waals surface area contributed by atoms with Crippen LogP contribution in [0.25, 0.3) is 16.9 Å². The van der Waals surface area contributed by atoms with Crippen LogP contribution in [0.3, 0.4) is 0 Å². The van der Waals surface area contributed by atoms with Gasteiger partial charge in [-0.25, -0.2) is 9.37 Å². The molecule has 0 aliphatic carbocycles. The molecule has 1 amide bonds. The topological polar surface area (TPSA) is 55.6 Å². The maximum absolute atomic E-state index is 13.1. The third-order valence-corrected chi connectivity index (χ3v) is 4.68. The van der Waals surface area contributed by atoms with Crippen molar-refractivity contribution in [1.29, 1.82) is 0 Å². The first-order valence-electron chi connectivity index (χ1n) is 9.21. The molecule has 0 aliphatic rings. The Hall–Kier alpha value is -3.67. The van der Waals surface area contributed by atoms with Crippen molar-refractivity contribution in [2.24, 2.45) is 0 Å². The summed E-state index contributed by atoms with van der Waals surface area (Å²) in [6, 6.07) is 17.4. The Morgan fingerprint density at radius 2 is 1.90 bits per heavy atom. The minimum Gasteiger partial charge on any atom is -0.496 e. The highest BCUT2D eigenvalue weighted by atomic mass is 19.1. The average Bonchev–Trinajstić information content (AvgIpc) is 3.06. The number of ether oxygens (including phenoxy) is 1. The lowest BCUT2D eigenvalue weighted by Crippen LogP contribution is -2.16. The first kappa shape index (κ1) is 18.7. The van der Waals surface area contributed by atoms with E-state index < -0.39 is 0 Å². The highest BCUT2D eigenvalue weighted by Crippen LogP contribution is 2.35. The smallest absolute Gasteiger partial charge is 0.229 e. The van der Waals surface area contributed by atoms with Crippen LogP contribution in [0.15, 0.2) is 66.9 Å². The Kier molecular flexibility index (Phi) is 4.99. The van der Waals surface area contributed by atoms with Gasteiger partial charge in [-0.15, -0.1) is 0 Å². The van der Waals surface area contributed by atoms with E-state index in [1.54, 1.807) is 19.2 Å². The molecule has 2 aromatic heterocycles. The monoisotopic (exact) mass is 389 g/mol. The molecule has 0 atom stereocenters. The quantitative estimate of drug-likeness (QED) is 0.541. The number of aryl methyl sites for hydroxylation is 1. The number of hydrogen-bond donors (Lipinski definition) is 1. The minimum absolute atomic E-state index is 0.130. The van der Waals surface area contributed by atoms with Crippen molar-refractivity contribution in [2.45, 2.75) is 13.3 Å². The van der Waals surface area contributed by atoms with Crippen LogP contribution in [0.4, 0.5) is 10.2 Å². The lowest BCUT2D eigenvalue weighted by Gasteiger charge is -2.10. The van der Waals surface area contributed by atoms with Crippen molar-refractivity contribution < 1.29 is 13.9 Å². The van der Waals surface area contributed by atoms with Crippen LogP contribution in [0.5, 0.6) is 5.75 Å². The Morgan fingerprint density at radius 1 is 1.14 bits per heavy atom. The number of para-hydroxylation sites is 1. The van der Waals surface area contributed by atoms with Crippen LogP contribution in [0, 0.1) is 12.7 Å². The highest BCUT2D eigenvalue weighted by molar-refractivity contribution is 5.96. The fourth-order valence-electron chi connectivity index (χ4n) is 3.26. The largest absolute Gasteiger partial charge is 0.496 e. The van der Waals surface area contributed by atoms with Gasteiger partial charge in [0.25, 0.3) is 0 Å². The van der Waals surface area contributed by atoms with Gasteiger partial charge >= 0.3 is 0 Å². The predicted octanol–water partition coefficient (Wildman–Crippen LogP) is 4.64. The van der Waals surface area contributed by atoms with Gasteiger partial charge in [-0.05, 0) is 54.4 Å². The fourth-order valence-corrected chi connectivity index (χ4v) is 3.26. The number of anilines is 1. The van der Waals surface area contributed by atoms with Crippen LogP contribution in [-0.2, 0) is 11.2 Å². The second-order valence-electron chi connectivity index (χ2n) is 6.79. The van der Waals surface area contributed by atoms with E-state index in [4.69, 9.17) is 9.72 Å². The molecule has 146 valence electrons. The number of amides is 1. The van der Waals surface area contributed by atoms with E-state index in [0.29, 0.717) is 17.3 Å². The Labute approximate surface area is 167 Å². The molecule has 0 spiro atoms. The number of hydrogen-bond acceptors (Lipinski definition) is 3. The second-order valence-corrected chi connectivity index (χ2v) is 6.79. The van der Waals surface area contributed by atoms with Crippen molar-refractivity contribution in [3.63, 3.8) is 0 Å². The first-order chi connectivity index (χ1) is 14.0. The molecule has 2 heterocycles. The van der Waals surface area contributed by atoms with Crippen molar-refractivity contribution in [2.75, 3.05) is 12.4 Å². The number of rotatable bonds is 5. The van der Waals surface area contributed by atoms with Crippen molar-refractivity contribution in [3.05, 3.63) is 83.8 Å². The second kappa shape index (κ2) is 7.75. The van der Waals surface area contributed by atoms with E-state index in [2.05, 4.69) is 5.32 Å². The molecule has 0 radical (unpaired) electrons. The summed E-state index contributed by atoms with van der Waals surface area (Å²) < 4.78 is 20.5. The summed E-state index contributed by atoms with van der Waals surface area (Å²) in [6.07, 6.45) is 2.01. The first-order valence-corrected chi connectivity index (χ1v) is 9.21. The molecule has 0 unspecified atom stereocenters. The number of nitrogens with zero attached hydrogens (tertiary/aromatic N) is 2. The molecule has 0 saturated carbocycles. The van der Waals surface area contributed by atoms with E-state index >= 15 is 0 Å². The van der Waals surface area contributed by atoms with E-state index in [0.717, 1.165) is 22.3 Å². The van der Waals surface area contributed by atoms with E-state index in [1.165, 1.54) is 12.1 Å². The maximum atomic E-state index is 13.1. The molecule has 29 heavy (non-hydrogen) atoms. The summed E-state index contributed by atoms with van der Waals surface area (Å²) in [7, 11) is 1.60. The Balaban J connectivity index is 1.75. The summed E-state index contributed by atoms with van der Waals surface area (Å²) in [6.45, 7) is 1.99. The van der Waals surface area contributed by atoms with E-state index in [9.17, 15) is 9.18 Å². The predicted molar refractivity (Wildman–Crippen MR) is 111 cm³/mol. The molecule has 1 N–H and O–H groups in total. The third kappa shape index (κ3) is 3.82. The minimum atomic E-state index is -0.329. The van der Waals surface area contributed by atoms with Gasteiger partial charge in [0.15, 0.2) is 0 Å². The van der Waals surface area contributed by atoms with Crippen molar-refractivity contribution >= 4 is 17.4 Å². The fraction of sp³-hybridized carbons (Fsp3) is 0.130. The van der Waals surface area contributed by atoms with E-state index in [-0.39, 0.29) is 18.1 Å². The molecule has 5 nitrogen and oxygen atoms in total. The average molecular weight is 389 g/mol. The SMILES string of the molecule is COc1ccccc1-c1nc2cc(C)ccn2c1NC(=O)Cc1ccc(F)cc1. The van der Waals surface area contributed by atoms with Gasteiger partial charge in [-0.1, -0.05) is 24.3 Å². The number of benzene rings is 2. The maximum Gasteiger partial charge on any atom is 0.229 e. The number of halogens is 1. The number of methoxy groups -OCH3 is 1. The third-order valence-electron chi connectivity index (χ3n) is 4.68. The summed E-state index contributed by atoms with van der Waals surface area (Å²) >= 11 is 0. The molecule has 6 heteroatoms. The van der Waals surface area contributed by atoms with Gasteiger partial charge in [0, 0.05) is 11.8 Å². The molecule has 4 rings (SSSR count). The van der Waals surface area contributed by atoms with E-state index in [1.807, 2.05) is 53.9 Å². The number of fused-ring (bicyclic) bond motifs is 1. The summed E-state index contributed by atoms with van der Waals surface area (Å²) in [4.78, 5) is 17.5.